The van der Waals surface area contributed by atoms with E-state index in [9.17, 15) is 22.8 Å². The summed E-state index contributed by atoms with van der Waals surface area (Å²) >= 11 is 0. The average Bonchev–Trinajstić information content (AvgIpc) is 2.72. The number of amides is 1. The molecule has 0 N–H and O–H groups in total. The first kappa shape index (κ1) is 14.9. The molecule has 0 unspecified atom stereocenters. The number of benzene rings is 1. The number of halogens is 3. The molecule has 0 radical (unpaired) electrons. The third kappa shape index (κ3) is 2.69. The molecule has 21 heavy (non-hydrogen) atoms. The zero-order valence-corrected chi connectivity index (χ0v) is 11.3. The molecular weight excluding hydrogens is 287 g/mol. The molecule has 2 aromatic rings. The van der Waals surface area contributed by atoms with Crippen molar-refractivity contribution in [2.24, 2.45) is 7.05 Å². The van der Waals surface area contributed by atoms with Crippen molar-refractivity contribution in [3.8, 4) is 5.69 Å². The van der Waals surface area contributed by atoms with Crippen LogP contribution in [-0.4, -0.2) is 28.5 Å². The van der Waals surface area contributed by atoms with E-state index in [0.717, 1.165) is 7.05 Å². The van der Waals surface area contributed by atoms with Gasteiger partial charge in [-0.1, -0.05) is 18.2 Å². The molecule has 1 aromatic carbocycles. The molecule has 0 saturated carbocycles. The van der Waals surface area contributed by atoms with E-state index < -0.39 is 17.6 Å². The summed E-state index contributed by atoms with van der Waals surface area (Å²) in [4.78, 5) is 23.8. The predicted octanol–water partition coefficient (Wildman–Crippen LogP) is 1.70. The van der Waals surface area contributed by atoms with Crippen molar-refractivity contribution in [3.63, 3.8) is 0 Å². The van der Waals surface area contributed by atoms with E-state index in [-0.39, 0.29) is 5.69 Å². The molecule has 1 heterocycles. The maximum absolute atomic E-state index is 12.4. The fraction of sp³-hybridized carbons (Fsp3) is 0.231. The molecule has 0 atom stereocenters. The monoisotopic (exact) mass is 299 g/mol. The second kappa shape index (κ2) is 5.12. The van der Waals surface area contributed by atoms with Crippen LogP contribution in [0.1, 0.15) is 0 Å². The number of para-hydroxylation sites is 1. The first-order chi connectivity index (χ1) is 9.73. The second-order valence-corrected chi connectivity index (χ2v) is 4.40. The number of carbonyl (C=O) groups excluding carboxylic acids is 1. The molecule has 0 aliphatic carbocycles. The Bertz CT molecular complexity index is 716. The van der Waals surface area contributed by atoms with Gasteiger partial charge in [-0.05, 0) is 12.1 Å². The summed E-state index contributed by atoms with van der Waals surface area (Å²) in [6, 6.07) is 8.41. The van der Waals surface area contributed by atoms with E-state index >= 15 is 0 Å². The van der Waals surface area contributed by atoms with Gasteiger partial charge in [0.25, 0.3) is 5.56 Å². The Balaban J connectivity index is 2.50. The smallest absolute Gasteiger partial charge is 0.301 e. The maximum Gasteiger partial charge on any atom is 0.471 e. The number of nitrogens with zero attached hydrogens (tertiary/aromatic N) is 3. The highest BCUT2D eigenvalue weighted by atomic mass is 19.4. The van der Waals surface area contributed by atoms with Crippen molar-refractivity contribution in [2.45, 2.75) is 6.18 Å². The van der Waals surface area contributed by atoms with E-state index in [1.807, 2.05) is 0 Å². The van der Waals surface area contributed by atoms with E-state index in [4.69, 9.17) is 0 Å². The molecule has 0 saturated heterocycles. The summed E-state index contributed by atoms with van der Waals surface area (Å²) < 4.78 is 39.8. The molecule has 8 heteroatoms. The van der Waals surface area contributed by atoms with Crippen LogP contribution in [0.3, 0.4) is 0 Å². The summed E-state index contributed by atoms with van der Waals surface area (Å²) in [5.41, 5.74) is -0.559. The Morgan fingerprint density at radius 1 is 1.19 bits per heavy atom. The first-order valence-electron chi connectivity index (χ1n) is 5.92. The summed E-state index contributed by atoms with van der Waals surface area (Å²) in [5, 5.41) is 0. The number of rotatable bonds is 2. The number of hydrogen-bond donors (Lipinski definition) is 0. The minimum Gasteiger partial charge on any atom is -0.301 e. The van der Waals surface area contributed by atoms with Crippen LogP contribution >= 0.6 is 0 Å². The van der Waals surface area contributed by atoms with Crippen molar-refractivity contribution >= 4 is 11.6 Å². The van der Waals surface area contributed by atoms with Crippen LogP contribution in [-0.2, 0) is 11.8 Å². The highest BCUT2D eigenvalue weighted by Gasteiger charge is 2.42. The SMILES string of the molecule is CN(C(=O)C(F)(F)F)c1cn(C)n(-c2ccccc2)c1=O. The standard InChI is InChI=1S/C13H12F3N3O2/c1-17-8-10(18(2)12(21)13(14,15)16)11(20)19(17)9-6-4-3-5-7-9/h3-8H,1-2H3. The van der Waals surface area contributed by atoms with Gasteiger partial charge in [-0.15, -0.1) is 0 Å². The number of aromatic nitrogens is 2. The zero-order valence-electron chi connectivity index (χ0n) is 11.3. The number of anilines is 1. The minimum absolute atomic E-state index is 0.307. The van der Waals surface area contributed by atoms with Gasteiger partial charge in [0.1, 0.15) is 5.69 Å². The zero-order chi connectivity index (χ0) is 15.8. The van der Waals surface area contributed by atoms with Crippen LogP contribution < -0.4 is 10.5 Å². The molecule has 1 amide bonds. The van der Waals surface area contributed by atoms with Crippen LogP contribution in [0.15, 0.2) is 41.3 Å². The highest BCUT2D eigenvalue weighted by Crippen LogP contribution is 2.21. The van der Waals surface area contributed by atoms with E-state index in [1.165, 1.54) is 22.6 Å². The van der Waals surface area contributed by atoms with E-state index in [0.29, 0.717) is 10.6 Å². The van der Waals surface area contributed by atoms with Crippen LogP contribution in [0.2, 0.25) is 0 Å². The Labute approximate surface area is 117 Å². The number of carbonyl (C=O) groups is 1. The van der Waals surface area contributed by atoms with Crippen LogP contribution in [0, 0.1) is 0 Å². The first-order valence-corrected chi connectivity index (χ1v) is 5.92. The van der Waals surface area contributed by atoms with Crippen LogP contribution in [0.5, 0.6) is 0 Å². The van der Waals surface area contributed by atoms with Gasteiger partial charge in [-0.2, -0.15) is 13.2 Å². The predicted molar refractivity (Wildman–Crippen MR) is 70.5 cm³/mol. The fourth-order valence-electron chi connectivity index (χ4n) is 1.94. The van der Waals surface area contributed by atoms with Crippen molar-refractivity contribution in [3.05, 3.63) is 46.9 Å². The Morgan fingerprint density at radius 3 is 2.29 bits per heavy atom. The summed E-state index contributed by atoms with van der Waals surface area (Å²) in [5.74, 6) is -2.09. The lowest BCUT2D eigenvalue weighted by Crippen LogP contribution is -2.40. The lowest BCUT2D eigenvalue weighted by atomic mass is 10.3. The molecule has 2 rings (SSSR count). The van der Waals surface area contributed by atoms with E-state index in [1.54, 1.807) is 30.3 Å². The molecule has 0 fully saturated rings. The Hall–Kier alpha value is -2.51. The third-order valence-corrected chi connectivity index (χ3v) is 2.95. The quantitative estimate of drug-likeness (QED) is 0.847. The van der Waals surface area contributed by atoms with Gasteiger partial charge < -0.3 is 4.90 Å². The van der Waals surface area contributed by atoms with E-state index in [2.05, 4.69) is 0 Å². The fourth-order valence-corrected chi connectivity index (χ4v) is 1.94. The number of aryl methyl sites for hydroxylation is 1. The van der Waals surface area contributed by atoms with Gasteiger partial charge in [-0.25, -0.2) is 4.68 Å². The van der Waals surface area contributed by atoms with Gasteiger partial charge >= 0.3 is 12.1 Å². The molecule has 5 nitrogen and oxygen atoms in total. The minimum atomic E-state index is -5.03. The Kier molecular flexibility index (Phi) is 3.63. The molecule has 0 bridgehead atoms. The van der Waals surface area contributed by atoms with Crippen LogP contribution in [0.25, 0.3) is 5.69 Å². The second-order valence-electron chi connectivity index (χ2n) is 4.40. The largest absolute Gasteiger partial charge is 0.471 e. The summed E-state index contributed by atoms with van der Waals surface area (Å²) in [6.45, 7) is 0. The topological polar surface area (TPSA) is 47.2 Å². The number of alkyl halides is 3. The van der Waals surface area contributed by atoms with Gasteiger partial charge in [0.05, 0.1) is 11.9 Å². The van der Waals surface area contributed by atoms with Crippen LogP contribution in [0.4, 0.5) is 18.9 Å². The molecule has 0 aliphatic rings. The van der Waals surface area contributed by atoms with Crippen molar-refractivity contribution in [1.29, 1.82) is 0 Å². The lowest BCUT2D eigenvalue weighted by molar-refractivity contribution is -0.170. The van der Waals surface area contributed by atoms with Gasteiger partial charge in [0.2, 0.25) is 0 Å². The Morgan fingerprint density at radius 2 is 1.76 bits per heavy atom. The molecule has 1 aromatic heterocycles. The molecule has 0 aliphatic heterocycles. The van der Waals surface area contributed by atoms with Gasteiger partial charge in [0.15, 0.2) is 0 Å². The third-order valence-electron chi connectivity index (χ3n) is 2.95. The van der Waals surface area contributed by atoms with Crippen molar-refractivity contribution in [1.82, 2.24) is 9.36 Å². The van der Waals surface area contributed by atoms with Gasteiger partial charge in [0, 0.05) is 14.1 Å². The van der Waals surface area contributed by atoms with Crippen molar-refractivity contribution in [2.75, 3.05) is 11.9 Å². The molecular formula is C13H12F3N3O2. The van der Waals surface area contributed by atoms with Crippen molar-refractivity contribution < 1.29 is 18.0 Å². The summed E-state index contributed by atoms with van der Waals surface area (Å²) in [7, 11) is 2.42. The average molecular weight is 299 g/mol. The van der Waals surface area contributed by atoms with Gasteiger partial charge in [-0.3, -0.25) is 14.3 Å². The molecule has 0 spiro atoms. The highest BCUT2D eigenvalue weighted by molar-refractivity contribution is 5.96. The number of hydrogen-bond acceptors (Lipinski definition) is 2. The summed E-state index contributed by atoms with van der Waals surface area (Å²) in [6.07, 6.45) is -3.85. The maximum atomic E-state index is 12.4. The normalized spacial score (nSPS) is 11.5. The lowest BCUT2D eigenvalue weighted by Gasteiger charge is -2.15. The molecule has 112 valence electrons.